The number of esters is 1. The van der Waals surface area contributed by atoms with Crippen LogP contribution in [0.25, 0.3) is 0 Å². The van der Waals surface area contributed by atoms with Crippen molar-refractivity contribution in [3.63, 3.8) is 0 Å². The Morgan fingerprint density at radius 2 is 2.28 bits per heavy atom. The van der Waals surface area contributed by atoms with Crippen molar-refractivity contribution < 1.29 is 14.3 Å². The summed E-state index contributed by atoms with van der Waals surface area (Å²) in [6.45, 7) is 0.778. The van der Waals surface area contributed by atoms with E-state index in [4.69, 9.17) is 4.74 Å². The first-order valence-corrected chi connectivity index (χ1v) is 6.07. The number of methoxy groups -OCH3 is 1. The van der Waals surface area contributed by atoms with Crippen LogP contribution >= 0.6 is 0 Å². The number of rotatable bonds is 3. The topological polar surface area (TPSA) is 64.4 Å². The van der Waals surface area contributed by atoms with Crippen molar-refractivity contribution in [2.24, 2.45) is 0 Å². The van der Waals surface area contributed by atoms with E-state index in [1.807, 2.05) is 0 Å². The number of aromatic nitrogens is 2. The highest BCUT2D eigenvalue weighted by Crippen LogP contribution is 2.18. The van der Waals surface area contributed by atoms with E-state index in [0.29, 0.717) is 13.0 Å². The maximum atomic E-state index is 12.2. The predicted octanol–water partition coefficient (Wildman–Crippen LogP) is 0.437. The third-order valence-electron chi connectivity index (χ3n) is 3.15. The fraction of sp³-hybridized carbons (Fsp3) is 0.583. The molecule has 0 N–H and O–H groups in total. The molecule has 6 nitrogen and oxygen atoms in total. The van der Waals surface area contributed by atoms with Gasteiger partial charge < -0.3 is 9.64 Å². The molecular formula is C12H17N3O3. The number of ether oxygens (including phenoxy) is 1. The molecule has 18 heavy (non-hydrogen) atoms. The molecule has 2 heterocycles. The lowest BCUT2D eigenvalue weighted by atomic mass is 10.0. The molecule has 0 saturated carbocycles. The van der Waals surface area contributed by atoms with Crippen LogP contribution in [0.15, 0.2) is 18.5 Å². The van der Waals surface area contributed by atoms with Crippen molar-refractivity contribution in [3.05, 3.63) is 18.5 Å². The summed E-state index contributed by atoms with van der Waals surface area (Å²) in [5, 5.41) is 3.99. The van der Waals surface area contributed by atoms with Gasteiger partial charge in [0.1, 0.15) is 12.6 Å². The molecule has 1 saturated heterocycles. The summed E-state index contributed by atoms with van der Waals surface area (Å²) >= 11 is 0. The highest BCUT2D eigenvalue weighted by molar-refractivity contribution is 5.84. The summed E-state index contributed by atoms with van der Waals surface area (Å²) in [4.78, 5) is 25.4. The molecule has 6 heteroatoms. The standard InChI is InChI=1S/C12H17N3O3/c1-18-12(17)10-5-2-3-8-15(10)11(16)9-14-7-4-6-13-14/h4,6-7,10H,2-3,5,8-9H2,1H3. The van der Waals surface area contributed by atoms with E-state index in [0.717, 1.165) is 12.8 Å². The Morgan fingerprint density at radius 3 is 2.94 bits per heavy atom. The monoisotopic (exact) mass is 251 g/mol. The van der Waals surface area contributed by atoms with Crippen LogP contribution in [0, 0.1) is 0 Å². The predicted molar refractivity (Wildman–Crippen MR) is 63.6 cm³/mol. The molecular weight excluding hydrogens is 234 g/mol. The first kappa shape index (κ1) is 12.6. The summed E-state index contributed by atoms with van der Waals surface area (Å²) < 4.78 is 6.31. The smallest absolute Gasteiger partial charge is 0.328 e. The van der Waals surface area contributed by atoms with Crippen molar-refractivity contribution in [2.45, 2.75) is 31.8 Å². The lowest BCUT2D eigenvalue weighted by Crippen LogP contribution is -2.49. The fourth-order valence-corrected chi connectivity index (χ4v) is 2.23. The van der Waals surface area contributed by atoms with Crippen LogP contribution in [0.1, 0.15) is 19.3 Å². The highest BCUT2D eigenvalue weighted by Gasteiger charge is 2.32. The number of amides is 1. The number of hydrogen-bond donors (Lipinski definition) is 0. The van der Waals surface area contributed by atoms with Gasteiger partial charge in [0.05, 0.1) is 7.11 Å². The average Bonchev–Trinajstić information content (AvgIpc) is 2.90. The molecule has 1 unspecified atom stereocenters. The van der Waals surface area contributed by atoms with Gasteiger partial charge in [0.2, 0.25) is 5.91 Å². The van der Waals surface area contributed by atoms with Gasteiger partial charge in [0.25, 0.3) is 0 Å². The Labute approximate surface area is 106 Å². The fourth-order valence-electron chi connectivity index (χ4n) is 2.23. The molecule has 0 bridgehead atoms. The zero-order chi connectivity index (χ0) is 13.0. The van der Waals surface area contributed by atoms with Gasteiger partial charge in [-0.05, 0) is 25.3 Å². The Hall–Kier alpha value is -1.85. The van der Waals surface area contributed by atoms with Crippen LogP contribution in [0.2, 0.25) is 0 Å². The molecule has 1 fully saturated rings. The molecule has 98 valence electrons. The van der Waals surface area contributed by atoms with Crippen molar-refractivity contribution in [2.75, 3.05) is 13.7 Å². The summed E-state index contributed by atoms with van der Waals surface area (Å²) in [6, 6.07) is 1.33. The molecule has 0 radical (unpaired) electrons. The second-order valence-electron chi connectivity index (χ2n) is 4.33. The van der Waals surface area contributed by atoms with Gasteiger partial charge in [-0.15, -0.1) is 0 Å². The van der Waals surface area contributed by atoms with E-state index in [-0.39, 0.29) is 18.4 Å². The Kier molecular flexibility index (Phi) is 3.96. The molecule has 1 aliphatic rings. The van der Waals surface area contributed by atoms with Crippen LogP contribution in [-0.2, 0) is 20.9 Å². The van der Waals surface area contributed by atoms with Crippen LogP contribution in [-0.4, -0.2) is 46.3 Å². The van der Waals surface area contributed by atoms with Gasteiger partial charge in [0.15, 0.2) is 0 Å². The van der Waals surface area contributed by atoms with Gasteiger partial charge in [-0.3, -0.25) is 9.48 Å². The van der Waals surface area contributed by atoms with Crippen LogP contribution in [0.4, 0.5) is 0 Å². The number of likely N-dealkylation sites (tertiary alicyclic amines) is 1. The van der Waals surface area contributed by atoms with Gasteiger partial charge in [-0.25, -0.2) is 4.79 Å². The average molecular weight is 251 g/mol. The van der Waals surface area contributed by atoms with E-state index in [1.54, 1.807) is 28.0 Å². The van der Waals surface area contributed by atoms with Crippen molar-refractivity contribution in [3.8, 4) is 0 Å². The zero-order valence-corrected chi connectivity index (χ0v) is 10.4. The van der Waals surface area contributed by atoms with Crippen LogP contribution in [0.5, 0.6) is 0 Å². The van der Waals surface area contributed by atoms with Gasteiger partial charge in [0, 0.05) is 18.9 Å². The first-order valence-electron chi connectivity index (χ1n) is 6.07. The molecule has 2 rings (SSSR count). The summed E-state index contributed by atoms with van der Waals surface area (Å²) in [7, 11) is 1.35. The number of carbonyl (C=O) groups is 2. The number of hydrogen-bond acceptors (Lipinski definition) is 4. The Bertz CT molecular complexity index is 416. The normalized spacial score (nSPS) is 19.6. The Morgan fingerprint density at radius 1 is 1.44 bits per heavy atom. The molecule has 1 atom stereocenters. The minimum atomic E-state index is -0.438. The minimum absolute atomic E-state index is 0.0891. The number of nitrogens with zero attached hydrogens (tertiary/aromatic N) is 3. The SMILES string of the molecule is COC(=O)C1CCCCN1C(=O)Cn1cccn1. The van der Waals surface area contributed by atoms with E-state index < -0.39 is 6.04 Å². The van der Waals surface area contributed by atoms with Gasteiger partial charge >= 0.3 is 5.97 Å². The largest absolute Gasteiger partial charge is 0.467 e. The van der Waals surface area contributed by atoms with E-state index in [1.165, 1.54) is 7.11 Å². The molecule has 1 aliphatic heterocycles. The van der Waals surface area contributed by atoms with Gasteiger partial charge in [-0.2, -0.15) is 5.10 Å². The Balaban J connectivity index is 2.04. The molecule has 0 aromatic carbocycles. The maximum Gasteiger partial charge on any atom is 0.328 e. The lowest BCUT2D eigenvalue weighted by Gasteiger charge is -2.33. The van der Waals surface area contributed by atoms with E-state index >= 15 is 0 Å². The molecule has 1 aromatic rings. The summed E-state index contributed by atoms with van der Waals surface area (Å²) in [6.07, 6.45) is 5.91. The molecule has 0 spiro atoms. The molecule has 1 amide bonds. The van der Waals surface area contributed by atoms with E-state index in [2.05, 4.69) is 5.10 Å². The van der Waals surface area contributed by atoms with Crippen LogP contribution < -0.4 is 0 Å². The number of piperidine rings is 1. The van der Waals surface area contributed by atoms with E-state index in [9.17, 15) is 9.59 Å². The molecule has 1 aromatic heterocycles. The molecule has 0 aliphatic carbocycles. The zero-order valence-electron chi connectivity index (χ0n) is 10.4. The summed E-state index contributed by atoms with van der Waals surface area (Å²) in [5.74, 6) is -0.419. The quantitative estimate of drug-likeness (QED) is 0.731. The maximum absolute atomic E-state index is 12.2. The van der Waals surface area contributed by atoms with Crippen LogP contribution in [0.3, 0.4) is 0 Å². The first-order chi connectivity index (χ1) is 8.72. The van der Waals surface area contributed by atoms with Crippen molar-refractivity contribution in [1.82, 2.24) is 14.7 Å². The van der Waals surface area contributed by atoms with Crippen molar-refractivity contribution in [1.29, 1.82) is 0 Å². The van der Waals surface area contributed by atoms with Gasteiger partial charge in [-0.1, -0.05) is 0 Å². The minimum Gasteiger partial charge on any atom is -0.467 e. The van der Waals surface area contributed by atoms with Crippen molar-refractivity contribution >= 4 is 11.9 Å². The second kappa shape index (κ2) is 5.66. The lowest BCUT2D eigenvalue weighted by molar-refractivity contribution is -0.155. The third kappa shape index (κ3) is 2.69. The second-order valence-corrected chi connectivity index (χ2v) is 4.33. The number of carbonyl (C=O) groups excluding carboxylic acids is 2. The highest BCUT2D eigenvalue weighted by atomic mass is 16.5. The third-order valence-corrected chi connectivity index (χ3v) is 3.15. The summed E-state index contributed by atoms with van der Waals surface area (Å²) in [5.41, 5.74) is 0.